The molecule has 0 bridgehead atoms. The molecule has 0 spiro atoms. The molecular formula is C11H18N4O. The van der Waals surface area contributed by atoms with Crippen LogP contribution in [0.15, 0.2) is 12.5 Å². The first-order valence-electron chi connectivity index (χ1n) is 5.79. The number of nitrogens with one attached hydrogen (secondary N) is 2. The Morgan fingerprint density at radius 1 is 1.69 bits per heavy atom. The SMILES string of the molecule is CCCNCc1cncn1C1CNC(=O)C1. The van der Waals surface area contributed by atoms with Gasteiger partial charge in [0.2, 0.25) is 5.91 Å². The molecule has 2 heterocycles. The monoisotopic (exact) mass is 222 g/mol. The zero-order chi connectivity index (χ0) is 11.4. The fourth-order valence-electron chi connectivity index (χ4n) is 1.98. The second-order valence-corrected chi connectivity index (χ2v) is 4.13. The number of amides is 1. The quantitative estimate of drug-likeness (QED) is 0.711. The molecule has 0 aliphatic carbocycles. The molecule has 1 atom stereocenters. The van der Waals surface area contributed by atoms with E-state index in [2.05, 4.69) is 27.1 Å². The summed E-state index contributed by atoms with van der Waals surface area (Å²) >= 11 is 0. The highest BCUT2D eigenvalue weighted by molar-refractivity contribution is 5.78. The van der Waals surface area contributed by atoms with Gasteiger partial charge in [0.05, 0.1) is 18.1 Å². The minimum Gasteiger partial charge on any atom is -0.354 e. The lowest BCUT2D eigenvalue weighted by Gasteiger charge is -2.13. The molecule has 1 unspecified atom stereocenters. The van der Waals surface area contributed by atoms with E-state index < -0.39 is 0 Å². The molecule has 1 aliphatic rings. The maximum absolute atomic E-state index is 11.2. The van der Waals surface area contributed by atoms with Crippen LogP contribution in [0.5, 0.6) is 0 Å². The summed E-state index contributed by atoms with van der Waals surface area (Å²) in [6, 6.07) is 0.230. The number of hydrogen-bond acceptors (Lipinski definition) is 3. The van der Waals surface area contributed by atoms with Crippen LogP contribution in [-0.4, -0.2) is 28.5 Å². The Morgan fingerprint density at radius 3 is 3.25 bits per heavy atom. The molecule has 0 saturated carbocycles. The molecule has 0 radical (unpaired) electrons. The Kier molecular flexibility index (Phi) is 3.56. The lowest BCUT2D eigenvalue weighted by molar-refractivity contribution is -0.119. The maximum Gasteiger partial charge on any atom is 0.222 e. The fraction of sp³-hybridized carbons (Fsp3) is 0.636. The van der Waals surface area contributed by atoms with E-state index in [1.165, 1.54) is 0 Å². The summed E-state index contributed by atoms with van der Waals surface area (Å²) in [5.74, 6) is 0.131. The molecule has 1 saturated heterocycles. The Hall–Kier alpha value is -1.36. The summed E-state index contributed by atoms with van der Waals surface area (Å²) in [6.45, 7) is 4.69. The zero-order valence-electron chi connectivity index (χ0n) is 9.57. The van der Waals surface area contributed by atoms with Crippen molar-refractivity contribution in [2.75, 3.05) is 13.1 Å². The summed E-state index contributed by atoms with van der Waals surface area (Å²) in [5.41, 5.74) is 1.15. The molecule has 2 N–H and O–H groups in total. The lowest BCUT2D eigenvalue weighted by Crippen LogP contribution is -2.20. The second kappa shape index (κ2) is 5.12. The number of aromatic nitrogens is 2. The molecular weight excluding hydrogens is 204 g/mol. The van der Waals surface area contributed by atoms with Crippen molar-refractivity contribution in [3.63, 3.8) is 0 Å². The van der Waals surface area contributed by atoms with Gasteiger partial charge in [0.1, 0.15) is 0 Å². The third kappa shape index (κ3) is 2.41. The van der Waals surface area contributed by atoms with Gasteiger partial charge < -0.3 is 15.2 Å². The van der Waals surface area contributed by atoms with Crippen molar-refractivity contribution in [3.8, 4) is 0 Å². The van der Waals surface area contributed by atoms with Crippen LogP contribution in [0.1, 0.15) is 31.5 Å². The van der Waals surface area contributed by atoms with Crippen molar-refractivity contribution in [2.24, 2.45) is 0 Å². The highest BCUT2D eigenvalue weighted by Crippen LogP contribution is 2.17. The van der Waals surface area contributed by atoms with Crippen molar-refractivity contribution < 1.29 is 4.79 Å². The first-order chi connectivity index (χ1) is 7.81. The number of imidazole rings is 1. The average molecular weight is 222 g/mol. The molecule has 1 aromatic heterocycles. The first kappa shape index (κ1) is 11.1. The van der Waals surface area contributed by atoms with Crippen LogP contribution in [0.2, 0.25) is 0 Å². The summed E-state index contributed by atoms with van der Waals surface area (Å²) in [5, 5.41) is 6.19. The van der Waals surface area contributed by atoms with Gasteiger partial charge in [0.25, 0.3) is 0 Å². The summed E-state index contributed by atoms with van der Waals surface area (Å²) in [4.78, 5) is 15.3. The van der Waals surface area contributed by atoms with E-state index in [4.69, 9.17) is 0 Å². The minimum absolute atomic E-state index is 0.131. The van der Waals surface area contributed by atoms with Gasteiger partial charge in [0, 0.05) is 25.7 Å². The van der Waals surface area contributed by atoms with E-state index in [9.17, 15) is 4.79 Å². The molecule has 1 amide bonds. The molecule has 5 nitrogen and oxygen atoms in total. The molecule has 5 heteroatoms. The first-order valence-corrected chi connectivity index (χ1v) is 5.79. The standard InChI is InChI=1S/C11H18N4O/c1-2-3-12-5-10-6-13-8-15(10)9-4-11(16)14-7-9/h6,8-9,12H,2-5,7H2,1H3,(H,14,16). The van der Waals surface area contributed by atoms with E-state index in [1.54, 1.807) is 0 Å². The van der Waals surface area contributed by atoms with E-state index in [0.29, 0.717) is 6.42 Å². The maximum atomic E-state index is 11.2. The van der Waals surface area contributed by atoms with Crippen molar-refractivity contribution in [3.05, 3.63) is 18.2 Å². The van der Waals surface area contributed by atoms with Crippen molar-refractivity contribution >= 4 is 5.91 Å². The predicted molar refractivity (Wildman–Crippen MR) is 60.9 cm³/mol. The van der Waals surface area contributed by atoms with Crippen LogP contribution < -0.4 is 10.6 Å². The van der Waals surface area contributed by atoms with Gasteiger partial charge in [0.15, 0.2) is 0 Å². The molecule has 88 valence electrons. The smallest absolute Gasteiger partial charge is 0.222 e. The van der Waals surface area contributed by atoms with Crippen molar-refractivity contribution in [1.82, 2.24) is 20.2 Å². The Labute approximate surface area is 95.2 Å². The van der Waals surface area contributed by atoms with Crippen LogP contribution in [0.3, 0.4) is 0 Å². The third-order valence-corrected chi connectivity index (χ3v) is 2.83. The van der Waals surface area contributed by atoms with Crippen LogP contribution in [0.25, 0.3) is 0 Å². The topological polar surface area (TPSA) is 59.0 Å². The van der Waals surface area contributed by atoms with Gasteiger partial charge >= 0.3 is 0 Å². The number of carbonyl (C=O) groups is 1. The zero-order valence-corrected chi connectivity index (χ0v) is 9.57. The molecule has 16 heavy (non-hydrogen) atoms. The highest BCUT2D eigenvalue weighted by atomic mass is 16.1. The molecule has 1 fully saturated rings. The molecule has 2 rings (SSSR count). The molecule has 1 aliphatic heterocycles. The second-order valence-electron chi connectivity index (χ2n) is 4.13. The molecule has 0 aromatic carbocycles. The number of rotatable bonds is 5. The molecule has 1 aromatic rings. The van der Waals surface area contributed by atoms with Crippen molar-refractivity contribution in [1.29, 1.82) is 0 Å². The van der Waals surface area contributed by atoms with Crippen LogP contribution >= 0.6 is 0 Å². The lowest BCUT2D eigenvalue weighted by atomic mass is 10.2. The van der Waals surface area contributed by atoms with Crippen LogP contribution in [0, 0.1) is 0 Å². The summed E-state index contributed by atoms with van der Waals surface area (Å²) in [6.07, 6.45) is 5.37. The minimum atomic E-state index is 0.131. The Morgan fingerprint density at radius 2 is 2.56 bits per heavy atom. The van der Waals surface area contributed by atoms with Gasteiger partial charge in [-0.15, -0.1) is 0 Å². The summed E-state index contributed by atoms with van der Waals surface area (Å²) < 4.78 is 2.10. The number of carbonyl (C=O) groups excluding carboxylic acids is 1. The normalized spacial score (nSPS) is 20.1. The predicted octanol–water partition coefficient (Wildman–Crippen LogP) is 0.444. The van der Waals surface area contributed by atoms with E-state index in [0.717, 1.165) is 31.7 Å². The number of hydrogen-bond donors (Lipinski definition) is 2. The van der Waals surface area contributed by atoms with Gasteiger partial charge in [-0.3, -0.25) is 4.79 Å². The van der Waals surface area contributed by atoms with Gasteiger partial charge in [-0.1, -0.05) is 6.92 Å². The fourth-order valence-corrected chi connectivity index (χ4v) is 1.98. The number of nitrogens with zero attached hydrogens (tertiary/aromatic N) is 2. The average Bonchev–Trinajstić information content (AvgIpc) is 2.87. The highest BCUT2D eigenvalue weighted by Gasteiger charge is 2.24. The van der Waals surface area contributed by atoms with Crippen LogP contribution in [-0.2, 0) is 11.3 Å². The van der Waals surface area contributed by atoms with Gasteiger partial charge in [-0.25, -0.2) is 4.98 Å². The van der Waals surface area contributed by atoms with Gasteiger partial charge in [-0.2, -0.15) is 0 Å². The summed E-state index contributed by atoms with van der Waals surface area (Å²) in [7, 11) is 0. The Bertz CT molecular complexity index is 361. The van der Waals surface area contributed by atoms with E-state index >= 15 is 0 Å². The van der Waals surface area contributed by atoms with Crippen molar-refractivity contribution in [2.45, 2.75) is 32.4 Å². The van der Waals surface area contributed by atoms with Crippen LogP contribution in [0.4, 0.5) is 0 Å². The third-order valence-electron chi connectivity index (χ3n) is 2.83. The van der Waals surface area contributed by atoms with E-state index in [-0.39, 0.29) is 11.9 Å². The largest absolute Gasteiger partial charge is 0.354 e. The van der Waals surface area contributed by atoms with Gasteiger partial charge in [-0.05, 0) is 13.0 Å². The van der Waals surface area contributed by atoms with E-state index in [1.807, 2.05) is 12.5 Å². The Balaban J connectivity index is 1.98.